The van der Waals surface area contributed by atoms with Gasteiger partial charge in [0.2, 0.25) is 5.91 Å². The van der Waals surface area contributed by atoms with Crippen LogP contribution in [0.1, 0.15) is 27.5 Å². The van der Waals surface area contributed by atoms with Gasteiger partial charge in [-0.3, -0.25) is 9.59 Å². The van der Waals surface area contributed by atoms with Crippen LogP contribution >= 0.6 is 0 Å². The Hall–Kier alpha value is -2.70. The van der Waals surface area contributed by atoms with Gasteiger partial charge in [-0.15, -0.1) is 0 Å². The van der Waals surface area contributed by atoms with Crippen LogP contribution in [0.2, 0.25) is 0 Å². The lowest BCUT2D eigenvalue weighted by Gasteiger charge is -2.32. The van der Waals surface area contributed by atoms with Crippen LogP contribution in [0.3, 0.4) is 0 Å². The van der Waals surface area contributed by atoms with E-state index in [0.717, 1.165) is 37.3 Å². The number of amides is 2. The molecule has 2 aromatic rings. The third-order valence-corrected chi connectivity index (χ3v) is 4.91. The number of piperazine rings is 1. The first-order chi connectivity index (χ1) is 12.9. The van der Waals surface area contributed by atoms with Gasteiger partial charge in [0, 0.05) is 37.4 Å². The third-order valence-electron chi connectivity index (χ3n) is 4.91. The van der Waals surface area contributed by atoms with E-state index in [9.17, 15) is 9.59 Å². The number of nitrogens with one attached hydrogen (secondary N) is 1. The first kappa shape index (κ1) is 19.1. The molecule has 3 N–H and O–H groups in total. The molecule has 0 aromatic heterocycles. The van der Waals surface area contributed by atoms with Crippen LogP contribution in [0.15, 0.2) is 48.5 Å². The molecule has 142 valence electrons. The summed E-state index contributed by atoms with van der Waals surface area (Å²) in [4.78, 5) is 29.0. The Morgan fingerprint density at radius 3 is 2.15 bits per heavy atom. The number of aryl methyl sites for hydroxylation is 1. The minimum absolute atomic E-state index is 0.0253. The highest BCUT2D eigenvalue weighted by Gasteiger charge is 2.20. The van der Waals surface area contributed by atoms with Gasteiger partial charge in [0.25, 0.3) is 5.91 Å². The number of benzene rings is 2. The summed E-state index contributed by atoms with van der Waals surface area (Å²) in [7, 11) is 2.06. The maximum Gasteiger partial charge on any atom is 0.253 e. The molecule has 0 saturated carbocycles. The number of carbonyl (C=O) groups excluding carboxylic acids is 2. The lowest BCUT2D eigenvalue weighted by molar-refractivity contribution is -0.117. The number of likely N-dealkylation sites (N-methyl/N-ethyl adjacent to an activating group) is 1. The molecule has 1 fully saturated rings. The van der Waals surface area contributed by atoms with E-state index in [1.165, 1.54) is 0 Å². The summed E-state index contributed by atoms with van der Waals surface area (Å²) in [6, 6.07) is 13.8. The Bertz CT molecular complexity index is 794. The smallest absolute Gasteiger partial charge is 0.253 e. The van der Waals surface area contributed by atoms with Crippen LogP contribution in [-0.2, 0) is 4.79 Å². The van der Waals surface area contributed by atoms with Crippen molar-refractivity contribution in [1.29, 1.82) is 0 Å². The molecule has 6 nitrogen and oxygen atoms in total. The average molecular weight is 366 g/mol. The lowest BCUT2D eigenvalue weighted by Crippen LogP contribution is -2.47. The van der Waals surface area contributed by atoms with Crippen LogP contribution in [0.25, 0.3) is 0 Å². The molecule has 0 bridgehead atoms. The summed E-state index contributed by atoms with van der Waals surface area (Å²) < 4.78 is 0. The Balaban J connectivity index is 1.60. The second-order valence-corrected chi connectivity index (χ2v) is 7.05. The zero-order valence-electron chi connectivity index (χ0n) is 15.8. The summed E-state index contributed by atoms with van der Waals surface area (Å²) in [5.41, 5.74) is 9.18. The van der Waals surface area contributed by atoms with E-state index in [1.54, 1.807) is 24.3 Å². The predicted molar refractivity (Wildman–Crippen MR) is 107 cm³/mol. The van der Waals surface area contributed by atoms with E-state index in [0.29, 0.717) is 11.3 Å². The average Bonchev–Trinajstić information content (AvgIpc) is 2.68. The minimum atomic E-state index is -0.739. The number of nitrogens with zero attached hydrogens (tertiary/aromatic N) is 2. The lowest BCUT2D eigenvalue weighted by atomic mass is 10.1. The fourth-order valence-electron chi connectivity index (χ4n) is 3.03. The van der Waals surface area contributed by atoms with Crippen LogP contribution < -0.4 is 11.1 Å². The molecular weight excluding hydrogens is 340 g/mol. The molecule has 1 unspecified atom stereocenters. The molecule has 0 aliphatic carbocycles. The fraction of sp³-hybridized carbons (Fsp3) is 0.333. The molecule has 1 aliphatic rings. The quantitative estimate of drug-likeness (QED) is 0.868. The normalized spacial score (nSPS) is 16.0. The largest absolute Gasteiger partial charge is 0.336 e. The van der Waals surface area contributed by atoms with Gasteiger partial charge in [-0.25, -0.2) is 0 Å². The van der Waals surface area contributed by atoms with Gasteiger partial charge in [-0.2, -0.15) is 0 Å². The molecule has 1 atom stereocenters. The van der Waals surface area contributed by atoms with Crippen molar-refractivity contribution in [3.05, 3.63) is 65.2 Å². The Morgan fingerprint density at radius 2 is 1.56 bits per heavy atom. The molecule has 2 aromatic carbocycles. The molecule has 1 aliphatic heterocycles. The van der Waals surface area contributed by atoms with Gasteiger partial charge in [0.15, 0.2) is 0 Å². The predicted octanol–water partition coefficient (Wildman–Crippen LogP) is 2.02. The van der Waals surface area contributed by atoms with Crippen LogP contribution in [0, 0.1) is 6.92 Å². The molecule has 0 spiro atoms. The number of rotatable bonds is 4. The van der Waals surface area contributed by atoms with Gasteiger partial charge < -0.3 is 20.9 Å². The Labute approximate surface area is 159 Å². The van der Waals surface area contributed by atoms with Crippen molar-refractivity contribution in [2.24, 2.45) is 5.73 Å². The van der Waals surface area contributed by atoms with Gasteiger partial charge in [0.05, 0.1) is 0 Å². The maximum absolute atomic E-state index is 12.6. The maximum atomic E-state index is 12.6. The third kappa shape index (κ3) is 4.72. The highest BCUT2D eigenvalue weighted by atomic mass is 16.2. The first-order valence-corrected chi connectivity index (χ1v) is 9.15. The van der Waals surface area contributed by atoms with Gasteiger partial charge in [-0.1, -0.05) is 29.8 Å². The van der Waals surface area contributed by atoms with E-state index >= 15 is 0 Å². The van der Waals surface area contributed by atoms with Gasteiger partial charge in [0.1, 0.15) is 6.04 Å². The molecular formula is C21H26N4O2. The summed E-state index contributed by atoms with van der Waals surface area (Å²) in [5, 5.41) is 2.81. The van der Waals surface area contributed by atoms with Gasteiger partial charge in [-0.05, 0) is 43.8 Å². The zero-order chi connectivity index (χ0) is 19.4. The van der Waals surface area contributed by atoms with Crippen LogP contribution in [-0.4, -0.2) is 54.8 Å². The SMILES string of the molecule is Cc1ccc(C(N)C(=O)Nc2ccc(C(=O)N3CCN(C)CC3)cc2)cc1. The summed E-state index contributed by atoms with van der Waals surface area (Å²) in [5.74, 6) is -0.255. The monoisotopic (exact) mass is 366 g/mol. The van der Waals surface area contributed by atoms with Crippen molar-refractivity contribution < 1.29 is 9.59 Å². The van der Waals surface area contributed by atoms with E-state index in [-0.39, 0.29) is 11.8 Å². The molecule has 6 heteroatoms. The number of anilines is 1. The van der Waals surface area contributed by atoms with E-state index in [2.05, 4.69) is 17.3 Å². The fourth-order valence-corrected chi connectivity index (χ4v) is 3.03. The number of carbonyl (C=O) groups is 2. The van der Waals surface area contributed by atoms with E-state index < -0.39 is 6.04 Å². The Morgan fingerprint density at radius 1 is 0.963 bits per heavy atom. The standard InChI is InChI=1S/C21H26N4O2/c1-15-3-5-16(6-4-15)19(22)20(26)23-18-9-7-17(8-10-18)21(27)25-13-11-24(2)12-14-25/h3-10,19H,11-14,22H2,1-2H3,(H,23,26). The zero-order valence-corrected chi connectivity index (χ0v) is 15.8. The molecule has 3 rings (SSSR count). The number of hydrogen-bond acceptors (Lipinski definition) is 4. The second-order valence-electron chi connectivity index (χ2n) is 7.05. The van der Waals surface area contributed by atoms with Crippen molar-refractivity contribution in [1.82, 2.24) is 9.80 Å². The van der Waals surface area contributed by atoms with Crippen LogP contribution in [0.4, 0.5) is 5.69 Å². The van der Waals surface area contributed by atoms with Crippen molar-refractivity contribution >= 4 is 17.5 Å². The topological polar surface area (TPSA) is 78.7 Å². The molecule has 27 heavy (non-hydrogen) atoms. The van der Waals surface area contributed by atoms with E-state index in [1.807, 2.05) is 36.1 Å². The van der Waals surface area contributed by atoms with Crippen molar-refractivity contribution in [3.8, 4) is 0 Å². The molecule has 2 amide bonds. The van der Waals surface area contributed by atoms with Crippen molar-refractivity contribution in [2.75, 3.05) is 38.5 Å². The van der Waals surface area contributed by atoms with E-state index in [4.69, 9.17) is 5.73 Å². The second kappa shape index (κ2) is 8.33. The highest BCUT2D eigenvalue weighted by molar-refractivity contribution is 5.97. The highest BCUT2D eigenvalue weighted by Crippen LogP contribution is 2.16. The molecule has 0 radical (unpaired) electrons. The summed E-state index contributed by atoms with van der Waals surface area (Å²) in [6.07, 6.45) is 0. The summed E-state index contributed by atoms with van der Waals surface area (Å²) >= 11 is 0. The number of nitrogens with two attached hydrogens (primary N) is 1. The van der Waals surface area contributed by atoms with Crippen molar-refractivity contribution in [3.63, 3.8) is 0 Å². The van der Waals surface area contributed by atoms with Gasteiger partial charge >= 0.3 is 0 Å². The van der Waals surface area contributed by atoms with Crippen LogP contribution in [0.5, 0.6) is 0 Å². The molecule has 1 saturated heterocycles. The molecule has 1 heterocycles. The summed E-state index contributed by atoms with van der Waals surface area (Å²) in [6.45, 7) is 5.23. The van der Waals surface area contributed by atoms with Crippen molar-refractivity contribution in [2.45, 2.75) is 13.0 Å². The minimum Gasteiger partial charge on any atom is -0.336 e. The first-order valence-electron chi connectivity index (χ1n) is 9.15. The number of hydrogen-bond donors (Lipinski definition) is 2. The Kier molecular flexibility index (Phi) is 5.88.